The highest BCUT2D eigenvalue weighted by atomic mass is 35.5. The third-order valence-corrected chi connectivity index (χ3v) is 2.41. The van der Waals surface area contributed by atoms with Crippen LogP contribution in [-0.2, 0) is 14.3 Å². The van der Waals surface area contributed by atoms with Crippen LogP contribution in [0.1, 0.15) is 6.92 Å². The molecule has 5 heteroatoms. The van der Waals surface area contributed by atoms with Gasteiger partial charge in [-0.3, -0.25) is 9.59 Å². The largest absolute Gasteiger partial charge is 0.468 e. The second kappa shape index (κ2) is 5.51. The van der Waals surface area contributed by atoms with E-state index in [0.29, 0.717) is 10.7 Å². The van der Waals surface area contributed by atoms with Crippen LogP contribution in [0.4, 0.5) is 5.69 Å². The number of anilines is 1. The summed E-state index contributed by atoms with van der Waals surface area (Å²) in [5, 5.41) is 2.98. The van der Waals surface area contributed by atoms with Gasteiger partial charge in [-0.1, -0.05) is 23.7 Å². The zero-order chi connectivity index (χ0) is 12.1. The number of rotatable bonds is 3. The summed E-state index contributed by atoms with van der Waals surface area (Å²) in [7, 11) is 1.24. The lowest BCUT2D eigenvalue weighted by molar-refractivity contribution is -0.147. The highest BCUT2D eigenvalue weighted by Gasteiger charge is 2.22. The van der Waals surface area contributed by atoms with Crippen LogP contribution in [0.25, 0.3) is 0 Å². The van der Waals surface area contributed by atoms with E-state index in [1.54, 1.807) is 24.3 Å². The summed E-state index contributed by atoms with van der Waals surface area (Å²) < 4.78 is 4.47. The highest BCUT2D eigenvalue weighted by Crippen LogP contribution is 2.21. The summed E-state index contributed by atoms with van der Waals surface area (Å²) in [4.78, 5) is 22.7. The van der Waals surface area contributed by atoms with Crippen molar-refractivity contribution < 1.29 is 14.3 Å². The molecule has 16 heavy (non-hydrogen) atoms. The zero-order valence-corrected chi connectivity index (χ0v) is 9.75. The molecule has 4 nitrogen and oxygen atoms in total. The van der Waals surface area contributed by atoms with Crippen LogP contribution in [0.2, 0.25) is 5.02 Å². The van der Waals surface area contributed by atoms with Crippen LogP contribution >= 0.6 is 11.6 Å². The maximum atomic E-state index is 11.6. The SMILES string of the molecule is COC(=O)C(C)C(=O)Nc1ccccc1Cl. The molecule has 0 saturated carbocycles. The van der Waals surface area contributed by atoms with E-state index in [1.807, 2.05) is 0 Å². The van der Waals surface area contributed by atoms with E-state index in [-0.39, 0.29) is 0 Å². The van der Waals surface area contributed by atoms with Gasteiger partial charge in [0, 0.05) is 0 Å². The summed E-state index contributed by atoms with van der Waals surface area (Å²) in [6, 6.07) is 6.80. The van der Waals surface area contributed by atoms with Gasteiger partial charge in [0.25, 0.3) is 0 Å². The van der Waals surface area contributed by atoms with Crippen molar-refractivity contribution in [1.82, 2.24) is 0 Å². The molecule has 0 bridgehead atoms. The summed E-state index contributed by atoms with van der Waals surface area (Å²) in [5.74, 6) is -1.88. The summed E-state index contributed by atoms with van der Waals surface area (Å²) >= 11 is 5.86. The Labute approximate surface area is 98.5 Å². The van der Waals surface area contributed by atoms with E-state index in [0.717, 1.165) is 0 Å². The molecule has 0 aliphatic heterocycles. The van der Waals surface area contributed by atoms with E-state index >= 15 is 0 Å². The van der Waals surface area contributed by atoms with Crippen LogP contribution in [0.5, 0.6) is 0 Å². The lowest BCUT2D eigenvalue weighted by atomic mass is 10.1. The van der Waals surface area contributed by atoms with Crippen molar-refractivity contribution in [2.45, 2.75) is 6.92 Å². The molecule has 1 amide bonds. The van der Waals surface area contributed by atoms with Crippen molar-refractivity contribution in [3.63, 3.8) is 0 Å². The Kier molecular flexibility index (Phi) is 4.31. The molecule has 1 N–H and O–H groups in total. The molecule has 0 heterocycles. The lowest BCUT2D eigenvalue weighted by Gasteiger charge is -2.10. The molecule has 1 rings (SSSR count). The molecule has 0 aliphatic carbocycles. The monoisotopic (exact) mass is 241 g/mol. The molecule has 0 radical (unpaired) electrons. The summed E-state index contributed by atoms with van der Waals surface area (Å²) in [6.07, 6.45) is 0. The number of nitrogens with one attached hydrogen (secondary N) is 1. The van der Waals surface area contributed by atoms with E-state index in [4.69, 9.17) is 11.6 Å². The maximum absolute atomic E-state index is 11.6. The molecule has 1 aromatic carbocycles. The van der Waals surface area contributed by atoms with Crippen molar-refractivity contribution >= 4 is 29.2 Å². The van der Waals surface area contributed by atoms with Gasteiger partial charge in [-0.25, -0.2) is 0 Å². The summed E-state index contributed by atoms with van der Waals surface area (Å²) in [6.45, 7) is 1.47. The Morgan fingerprint density at radius 3 is 2.56 bits per heavy atom. The van der Waals surface area contributed by atoms with Crippen LogP contribution < -0.4 is 5.32 Å². The number of hydrogen-bond donors (Lipinski definition) is 1. The normalized spacial score (nSPS) is 11.7. The molecular weight excluding hydrogens is 230 g/mol. The Balaban J connectivity index is 2.72. The molecule has 0 aromatic heterocycles. The van der Waals surface area contributed by atoms with Gasteiger partial charge in [-0.2, -0.15) is 0 Å². The molecule has 0 saturated heterocycles. The van der Waals surface area contributed by atoms with E-state index < -0.39 is 17.8 Å². The first kappa shape index (κ1) is 12.5. The molecule has 0 fully saturated rings. The number of esters is 1. The van der Waals surface area contributed by atoms with Crippen LogP contribution in [0.3, 0.4) is 0 Å². The van der Waals surface area contributed by atoms with Gasteiger partial charge in [-0.15, -0.1) is 0 Å². The minimum atomic E-state index is -0.860. The third kappa shape index (κ3) is 2.97. The average molecular weight is 242 g/mol. The van der Waals surface area contributed by atoms with Gasteiger partial charge >= 0.3 is 5.97 Å². The fourth-order valence-electron chi connectivity index (χ4n) is 1.09. The molecule has 1 aromatic rings. The number of benzene rings is 1. The Bertz CT molecular complexity index is 406. The first-order valence-electron chi connectivity index (χ1n) is 4.69. The van der Waals surface area contributed by atoms with E-state index in [1.165, 1.54) is 14.0 Å². The van der Waals surface area contributed by atoms with Crippen LogP contribution in [-0.4, -0.2) is 19.0 Å². The molecule has 86 valence electrons. The smallest absolute Gasteiger partial charge is 0.317 e. The highest BCUT2D eigenvalue weighted by molar-refractivity contribution is 6.33. The van der Waals surface area contributed by atoms with Crippen LogP contribution in [0.15, 0.2) is 24.3 Å². The van der Waals surface area contributed by atoms with Crippen molar-refractivity contribution in [3.05, 3.63) is 29.3 Å². The number of methoxy groups -OCH3 is 1. The van der Waals surface area contributed by atoms with Crippen molar-refractivity contribution in [2.75, 3.05) is 12.4 Å². The van der Waals surface area contributed by atoms with Gasteiger partial charge in [-0.05, 0) is 19.1 Å². The maximum Gasteiger partial charge on any atom is 0.317 e. The third-order valence-electron chi connectivity index (χ3n) is 2.08. The zero-order valence-electron chi connectivity index (χ0n) is 8.99. The first-order chi connectivity index (χ1) is 7.56. The Hall–Kier alpha value is -1.55. The predicted octanol–water partition coefficient (Wildman–Crippen LogP) is 2.09. The molecule has 1 unspecified atom stereocenters. The molecule has 0 spiro atoms. The van der Waals surface area contributed by atoms with E-state index in [2.05, 4.69) is 10.1 Å². The van der Waals surface area contributed by atoms with Gasteiger partial charge in [0.05, 0.1) is 17.8 Å². The minimum Gasteiger partial charge on any atom is -0.468 e. The van der Waals surface area contributed by atoms with Crippen molar-refractivity contribution in [2.24, 2.45) is 5.92 Å². The number of ether oxygens (including phenoxy) is 1. The molecule has 0 aliphatic rings. The fraction of sp³-hybridized carbons (Fsp3) is 0.273. The van der Waals surface area contributed by atoms with E-state index in [9.17, 15) is 9.59 Å². The lowest BCUT2D eigenvalue weighted by Crippen LogP contribution is -2.28. The Morgan fingerprint density at radius 2 is 2.00 bits per heavy atom. The number of hydrogen-bond acceptors (Lipinski definition) is 3. The second-order valence-electron chi connectivity index (χ2n) is 3.21. The number of carbonyl (C=O) groups excluding carboxylic acids is 2. The second-order valence-corrected chi connectivity index (χ2v) is 3.62. The van der Waals surface area contributed by atoms with Crippen molar-refractivity contribution in [3.8, 4) is 0 Å². The first-order valence-corrected chi connectivity index (χ1v) is 5.07. The quantitative estimate of drug-likeness (QED) is 0.651. The number of amides is 1. The topological polar surface area (TPSA) is 55.4 Å². The van der Waals surface area contributed by atoms with Gasteiger partial charge in [0.2, 0.25) is 5.91 Å². The minimum absolute atomic E-state index is 0.424. The van der Waals surface area contributed by atoms with Crippen molar-refractivity contribution in [1.29, 1.82) is 0 Å². The number of halogens is 1. The predicted molar refractivity (Wildman–Crippen MR) is 61.3 cm³/mol. The number of para-hydroxylation sites is 1. The standard InChI is InChI=1S/C11H12ClNO3/c1-7(11(15)16-2)10(14)13-9-6-4-3-5-8(9)12/h3-7H,1-2H3,(H,13,14). The van der Waals surface area contributed by atoms with Crippen LogP contribution in [0, 0.1) is 5.92 Å². The molecular formula is C11H12ClNO3. The van der Waals surface area contributed by atoms with Gasteiger partial charge in [0.1, 0.15) is 5.92 Å². The average Bonchev–Trinajstić information content (AvgIpc) is 2.30. The summed E-state index contributed by atoms with van der Waals surface area (Å²) in [5.41, 5.74) is 0.477. The molecule has 1 atom stereocenters. The fourth-order valence-corrected chi connectivity index (χ4v) is 1.27. The van der Waals surface area contributed by atoms with Gasteiger partial charge in [0.15, 0.2) is 0 Å². The number of carbonyl (C=O) groups is 2. The van der Waals surface area contributed by atoms with Gasteiger partial charge < -0.3 is 10.1 Å². The Morgan fingerprint density at radius 1 is 1.38 bits per heavy atom.